The molecule has 8 aromatic carbocycles. The fraction of sp³-hybridized carbons (Fsp3) is 0.0755. The van der Waals surface area contributed by atoms with Gasteiger partial charge in [-0.05, 0) is 78.5 Å². The molecule has 11 rings (SSSR count). The van der Waals surface area contributed by atoms with Gasteiger partial charge in [0.05, 0.1) is 5.41 Å². The van der Waals surface area contributed by atoms with Crippen molar-refractivity contribution in [1.29, 1.82) is 0 Å². The van der Waals surface area contributed by atoms with Crippen molar-refractivity contribution in [2.45, 2.75) is 24.7 Å². The van der Waals surface area contributed by atoms with Crippen LogP contribution in [0, 0.1) is 0 Å². The number of aromatic nitrogens is 3. The molecule has 0 fully saturated rings. The molecule has 0 amide bonds. The average Bonchev–Trinajstić information content (AvgIpc) is 3.56. The van der Waals surface area contributed by atoms with Crippen LogP contribution in [0.1, 0.15) is 47.2 Å². The monoisotopic (exact) mass is 715 g/mol. The van der Waals surface area contributed by atoms with Crippen molar-refractivity contribution in [3.8, 4) is 56.4 Å². The van der Waals surface area contributed by atoms with E-state index in [2.05, 4.69) is 184 Å². The maximum absolute atomic E-state index is 5.24. The lowest BCUT2D eigenvalue weighted by atomic mass is 9.55. The minimum atomic E-state index is -0.499. The fourth-order valence-electron chi connectivity index (χ4n) is 9.53. The van der Waals surface area contributed by atoms with E-state index in [1.165, 1.54) is 60.8 Å². The highest BCUT2D eigenvalue weighted by atomic mass is 15.0. The molecule has 0 bridgehead atoms. The van der Waals surface area contributed by atoms with Crippen molar-refractivity contribution in [2.24, 2.45) is 0 Å². The molecule has 3 nitrogen and oxygen atoms in total. The summed E-state index contributed by atoms with van der Waals surface area (Å²) in [6.07, 6.45) is 0. The molecule has 1 heterocycles. The molecule has 0 unspecified atom stereocenters. The largest absolute Gasteiger partial charge is 0.208 e. The number of hydrogen-bond donors (Lipinski definition) is 0. The van der Waals surface area contributed by atoms with Crippen LogP contribution in [0.3, 0.4) is 0 Å². The second-order valence-electron chi connectivity index (χ2n) is 15.6. The van der Waals surface area contributed by atoms with Crippen LogP contribution in [0.25, 0.3) is 67.2 Å². The summed E-state index contributed by atoms with van der Waals surface area (Å²) in [6, 6.07) is 67.9. The molecule has 2 aliphatic carbocycles. The van der Waals surface area contributed by atoms with E-state index in [1.54, 1.807) is 0 Å². The van der Waals surface area contributed by atoms with Crippen LogP contribution in [0.4, 0.5) is 0 Å². The summed E-state index contributed by atoms with van der Waals surface area (Å²) >= 11 is 0. The van der Waals surface area contributed by atoms with E-state index in [1.807, 2.05) is 18.2 Å². The Kier molecular flexibility index (Phi) is 7.11. The van der Waals surface area contributed by atoms with E-state index >= 15 is 0 Å². The smallest absolute Gasteiger partial charge is 0.164 e. The Labute approximate surface area is 327 Å². The van der Waals surface area contributed by atoms with E-state index in [9.17, 15) is 0 Å². The minimum Gasteiger partial charge on any atom is -0.208 e. The second kappa shape index (κ2) is 12.3. The molecule has 1 spiro atoms. The van der Waals surface area contributed by atoms with Crippen LogP contribution in [0.2, 0.25) is 0 Å². The summed E-state index contributed by atoms with van der Waals surface area (Å²) < 4.78 is 0. The minimum absolute atomic E-state index is 0.161. The van der Waals surface area contributed by atoms with Crippen LogP contribution in [-0.4, -0.2) is 15.0 Å². The fourth-order valence-corrected chi connectivity index (χ4v) is 9.53. The number of nitrogens with zero attached hydrogens (tertiary/aromatic N) is 3. The lowest BCUT2D eigenvalue weighted by molar-refractivity contribution is 0.563. The Bertz CT molecular complexity index is 2950. The SMILES string of the molecule is CC1(C)c2ccccc2C2(c3ccccc3-c3ccc(-c4nc(-c5ccccc5)nc(-c5ccc(-c6ccc7ccccc7c6)cc5)n4)cc32)c2ccccc21. The first-order chi connectivity index (χ1) is 27.5. The topological polar surface area (TPSA) is 38.7 Å². The summed E-state index contributed by atoms with van der Waals surface area (Å²) in [4.78, 5) is 15.5. The predicted octanol–water partition coefficient (Wildman–Crippen LogP) is 12.7. The van der Waals surface area contributed by atoms with Gasteiger partial charge >= 0.3 is 0 Å². The van der Waals surface area contributed by atoms with Crippen LogP contribution in [0.5, 0.6) is 0 Å². The average molecular weight is 716 g/mol. The molecular formula is C53H37N3. The lowest BCUT2D eigenvalue weighted by Gasteiger charge is -2.46. The Balaban J connectivity index is 1.10. The van der Waals surface area contributed by atoms with Crippen LogP contribution >= 0.6 is 0 Å². The molecular weight excluding hydrogens is 679 g/mol. The highest BCUT2D eigenvalue weighted by molar-refractivity contribution is 5.90. The van der Waals surface area contributed by atoms with Crippen molar-refractivity contribution in [2.75, 3.05) is 0 Å². The van der Waals surface area contributed by atoms with Crippen LogP contribution < -0.4 is 0 Å². The first-order valence-electron chi connectivity index (χ1n) is 19.4. The first kappa shape index (κ1) is 32.5. The Hall–Kier alpha value is -6.97. The first-order valence-corrected chi connectivity index (χ1v) is 19.4. The molecule has 3 heteroatoms. The van der Waals surface area contributed by atoms with E-state index < -0.39 is 5.41 Å². The van der Waals surface area contributed by atoms with Gasteiger partial charge in [-0.2, -0.15) is 0 Å². The van der Waals surface area contributed by atoms with Gasteiger partial charge in [-0.25, -0.2) is 15.0 Å². The summed E-state index contributed by atoms with van der Waals surface area (Å²) in [5.41, 5.74) is 15.0. The van der Waals surface area contributed by atoms with E-state index in [-0.39, 0.29) is 5.41 Å². The Morgan fingerprint density at radius 3 is 1.45 bits per heavy atom. The van der Waals surface area contributed by atoms with Crippen molar-refractivity contribution in [3.63, 3.8) is 0 Å². The maximum Gasteiger partial charge on any atom is 0.164 e. The van der Waals surface area contributed by atoms with Crippen molar-refractivity contribution in [1.82, 2.24) is 15.0 Å². The summed E-state index contributed by atoms with van der Waals surface area (Å²) in [6.45, 7) is 4.73. The molecule has 0 saturated heterocycles. The molecule has 0 atom stereocenters. The van der Waals surface area contributed by atoms with Gasteiger partial charge in [0.1, 0.15) is 0 Å². The molecule has 56 heavy (non-hydrogen) atoms. The van der Waals surface area contributed by atoms with Gasteiger partial charge in [0.25, 0.3) is 0 Å². The van der Waals surface area contributed by atoms with E-state index in [4.69, 9.17) is 15.0 Å². The van der Waals surface area contributed by atoms with Gasteiger partial charge < -0.3 is 0 Å². The molecule has 9 aromatic rings. The predicted molar refractivity (Wildman–Crippen MR) is 229 cm³/mol. The Morgan fingerprint density at radius 2 is 0.768 bits per heavy atom. The van der Waals surface area contributed by atoms with Gasteiger partial charge in [0.15, 0.2) is 17.5 Å². The number of hydrogen-bond acceptors (Lipinski definition) is 3. The maximum atomic E-state index is 5.24. The summed E-state index contributed by atoms with van der Waals surface area (Å²) in [5, 5.41) is 2.47. The van der Waals surface area contributed by atoms with Gasteiger partial charge in [-0.1, -0.05) is 190 Å². The van der Waals surface area contributed by atoms with Crippen molar-refractivity contribution < 1.29 is 0 Å². The van der Waals surface area contributed by atoms with Gasteiger partial charge in [0.2, 0.25) is 0 Å². The van der Waals surface area contributed by atoms with Crippen LogP contribution in [0.15, 0.2) is 188 Å². The molecule has 1 aromatic heterocycles. The van der Waals surface area contributed by atoms with Crippen molar-refractivity contribution in [3.05, 3.63) is 221 Å². The molecule has 0 N–H and O–H groups in total. The van der Waals surface area contributed by atoms with Gasteiger partial charge in [0, 0.05) is 22.1 Å². The highest BCUT2D eigenvalue weighted by Gasteiger charge is 2.53. The molecule has 264 valence electrons. The number of rotatable bonds is 4. The number of fused-ring (bicyclic) bond motifs is 10. The lowest BCUT2D eigenvalue weighted by Crippen LogP contribution is -2.40. The third kappa shape index (κ3) is 4.74. The number of benzene rings is 8. The van der Waals surface area contributed by atoms with Crippen LogP contribution in [-0.2, 0) is 10.8 Å². The van der Waals surface area contributed by atoms with Gasteiger partial charge in [-0.3, -0.25) is 0 Å². The Morgan fingerprint density at radius 1 is 0.304 bits per heavy atom. The zero-order valence-corrected chi connectivity index (χ0v) is 31.2. The molecule has 2 aliphatic rings. The van der Waals surface area contributed by atoms with E-state index in [0.717, 1.165) is 22.3 Å². The summed E-state index contributed by atoms with van der Waals surface area (Å²) in [5.74, 6) is 1.95. The molecule has 0 radical (unpaired) electrons. The normalized spacial score (nSPS) is 14.2. The molecule has 0 saturated carbocycles. The zero-order valence-electron chi connectivity index (χ0n) is 31.2. The highest BCUT2D eigenvalue weighted by Crippen LogP contribution is 2.62. The third-order valence-electron chi connectivity index (χ3n) is 12.2. The zero-order chi connectivity index (χ0) is 37.4. The van der Waals surface area contributed by atoms with E-state index in [0.29, 0.717) is 17.5 Å². The second-order valence-corrected chi connectivity index (χ2v) is 15.6. The quantitative estimate of drug-likeness (QED) is 0.182. The summed E-state index contributed by atoms with van der Waals surface area (Å²) in [7, 11) is 0. The third-order valence-corrected chi connectivity index (χ3v) is 12.2. The standard InChI is InChI=1S/C53H37N3/c1-52(2)44-20-10-12-22-46(44)53(47-23-13-11-21-45(47)52)43-19-9-8-18-41(43)42-31-30-40(33-48(42)53)51-55-49(36-15-4-3-5-16-36)54-50(56-51)37-27-24-35(25-28-37)39-29-26-34-14-6-7-17-38(34)32-39/h3-33H,1-2H3. The molecule has 0 aliphatic heterocycles. The van der Waals surface area contributed by atoms with Crippen molar-refractivity contribution >= 4 is 10.8 Å². The van der Waals surface area contributed by atoms with Gasteiger partial charge in [-0.15, -0.1) is 0 Å².